The third-order valence-electron chi connectivity index (χ3n) is 1.58. The molecule has 7 heteroatoms. The molecule has 0 radical (unpaired) electrons. The van der Waals surface area contributed by atoms with Gasteiger partial charge in [0.2, 0.25) is 5.95 Å². The maximum atomic E-state index is 7.41. The highest BCUT2D eigenvalue weighted by molar-refractivity contribution is 9.08. The third kappa shape index (κ3) is 1.46. The van der Waals surface area contributed by atoms with E-state index in [0.29, 0.717) is 16.9 Å². The summed E-state index contributed by atoms with van der Waals surface area (Å²) in [5, 5.41) is -0.647. The number of nitrogens with zero attached hydrogens (tertiary/aromatic N) is 4. The van der Waals surface area contributed by atoms with E-state index in [-0.39, 0.29) is 11.8 Å². The summed E-state index contributed by atoms with van der Waals surface area (Å²) in [6, 6.07) is 0. The number of alkyl halides is 1. The first kappa shape index (κ1) is 7.86. The van der Waals surface area contributed by atoms with E-state index in [1.165, 1.54) is 6.20 Å². The van der Waals surface area contributed by atoms with E-state index in [4.69, 9.17) is 12.8 Å². The largest absolute Gasteiger partial charge is 0.382 e. The van der Waals surface area contributed by atoms with Crippen LogP contribution in [0.5, 0.6) is 0 Å². The lowest BCUT2D eigenvalue weighted by molar-refractivity contribution is 1.12. The van der Waals surface area contributed by atoms with Crippen LogP contribution in [0.25, 0.3) is 11.2 Å². The smallest absolute Gasteiger partial charge is 0.224 e. The quantitative estimate of drug-likeness (QED) is 0.720. The molecule has 0 aliphatic carbocycles. The molecule has 2 aromatic heterocycles. The van der Waals surface area contributed by atoms with Crippen LogP contribution in [0.2, 0.25) is 0 Å². The van der Waals surface area contributed by atoms with Crippen LogP contribution in [0, 0.1) is 0 Å². The number of hydrogen-bond donors (Lipinski definition) is 2. The van der Waals surface area contributed by atoms with Crippen molar-refractivity contribution >= 4 is 38.9 Å². The minimum absolute atomic E-state index is 0.0586. The molecular weight excluding hydrogens is 248 g/mol. The molecule has 0 aromatic carbocycles. The first-order valence-corrected chi connectivity index (χ1v) is 4.61. The van der Waals surface area contributed by atoms with E-state index in [0.717, 1.165) is 0 Å². The highest BCUT2D eigenvalue weighted by Gasteiger charge is 2.06. The molecule has 1 unspecified atom stereocenters. The van der Waals surface area contributed by atoms with Gasteiger partial charge in [-0.25, -0.2) is 9.97 Å². The zero-order valence-electron chi connectivity index (χ0n) is 7.98. The Morgan fingerprint density at radius 3 is 2.86 bits per heavy atom. The summed E-state index contributed by atoms with van der Waals surface area (Å²) < 4.78 is 7.41. The lowest BCUT2D eigenvalue weighted by atomic mass is 10.4. The van der Waals surface area contributed by atoms with Crippen LogP contribution in [-0.4, -0.2) is 19.9 Å². The van der Waals surface area contributed by atoms with E-state index in [9.17, 15) is 0 Å². The highest BCUT2D eigenvalue weighted by atomic mass is 79.9. The number of halogens is 1. The Morgan fingerprint density at radius 2 is 2.14 bits per heavy atom. The van der Waals surface area contributed by atoms with Crippen LogP contribution < -0.4 is 11.5 Å². The molecule has 6 nitrogen and oxygen atoms in total. The predicted molar refractivity (Wildman–Crippen MR) is 56.6 cm³/mol. The van der Waals surface area contributed by atoms with Crippen LogP contribution in [0.15, 0.2) is 6.20 Å². The summed E-state index contributed by atoms with van der Waals surface area (Å²) in [6.45, 7) is 0. The first-order chi connectivity index (χ1) is 7.08. The summed E-state index contributed by atoms with van der Waals surface area (Å²) in [5.41, 5.74) is 12.2. The van der Waals surface area contributed by atoms with E-state index in [2.05, 4.69) is 35.9 Å². The first-order valence-electron chi connectivity index (χ1n) is 4.27. The van der Waals surface area contributed by atoms with Gasteiger partial charge in [0.25, 0.3) is 0 Å². The van der Waals surface area contributed by atoms with Gasteiger partial charge in [-0.05, 0) is 0 Å². The number of aromatic nitrogens is 4. The minimum atomic E-state index is -0.647. The van der Waals surface area contributed by atoms with E-state index < -0.39 is 5.31 Å². The van der Waals surface area contributed by atoms with Crippen molar-refractivity contribution in [1.29, 1.82) is 0 Å². The number of hydrogen-bond acceptors (Lipinski definition) is 6. The second-order valence-electron chi connectivity index (χ2n) is 2.54. The highest BCUT2D eigenvalue weighted by Crippen LogP contribution is 2.15. The van der Waals surface area contributed by atoms with Gasteiger partial charge in [-0.1, -0.05) is 15.9 Å². The Morgan fingerprint density at radius 1 is 1.36 bits per heavy atom. The van der Waals surface area contributed by atoms with Crippen LogP contribution in [0.1, 0.15) is 7.06 Å². The standard InChI is InChI=1S/C7H7BrN6/c8-1-3-2-11-6-4(12-3)5(9)13-7(10)14-6/h2H,1H2,(H4,9,10,11,13,14)/i1T. The summed E-state index contributed by atoms with van der Waals surface area (Å²) in [4.78, 5) is 15.8. The second-order valence-corrected chi connectivity index (χ2v) is 3.00. The zero-order valence-corrected chi connectivity index (χ0v) is 8.56. The van der Waals surface area contributed by atoms with Crippen LogP contribution in [0.3, 0.4) is 0 Å². The van der Waals surface area contributed by atoms with Crippen LogP contribution in [-0.2, 0) is 5.31 Å². The molecule has 0 saturated carbocycles. The molecule has 0 amide bonds. The van der Waals surface area contributed by atoms with Crippen molar-refractivity contribution in [3.8, 4) is 0 Å². The van der Waals surface area contributed by atoms with Crippen molar-refractivity contribution < 1.29 is 1.37 Å². The number of fused-ring (bicyclic) bond motifs is 1. The Bertz CT molecular complexity index is 516. The maximum Gasteiger partial charge on any atom is 0.224 e. The van der Waals surface area contributed by atoms with Gasteiger partial charge < -0.3 is 11.5 Å². The van der Waals surface area contributed by atoms with Gasteiger partial charge in [-0.3, -0.25) is 0 Å². The topological polar surface area (TPSA) is 104 Å². The molecule has 0 fully saturated rings. The zero-order chi connectivity index (χ0) is 11.0. The summed E-state index contributed by atoms with van der Waals surface area (Å²) in [6.07, 6.45) is 1.45. The Labute approximate surface area is 89.3 Å². The van der Waals surface area contributed by atoms with Gasteiger partial charge in [-0.15, -0.1) is 0 Å². The molecule has 0 saturated heterocycles. The average Bonchev–Trinajstić information content (AvgIpc) is 2.16. The van der Waals surface area contributed by atoms with Crippen molar-refractivity contribution in [2.75, 3.05) is 11.5 Å². The Balaban J connectivity index is 2.71. The minimum Gasteiger partial charge on any atom is -0.382 e. The Kier molecular flexibility index (Phi) is 1.87. The third-order valence-corrected chi connectivity index (χ3v) is 2.05. The number of rotatable bonds is 1. The SMILES string of the molecule is [3H]C(Br)c1cnc2nc(N)nc(N)c2n1. The molecule has 2 aromatic rings. The molecule has 0 spiro atoms. The predicted octanol–water partition coefficient (Wildman–Crippen LogP) is 0.479. The van der Waals surface area contributed by atoms with Crippen molar-refractivity contribution in [1.82, 2.24) is 19.9 Å². The second kappa shape index (κ2) is 3.33. The fourth-order valence-corrected chi connectivity index (χ4v) is 1.23. The van der Waals surface area contributed by atoms with E-state index in [1.807, 2.05) is 0 Å². The van der Waals surface area contributed by atoms with Crippen molar-refractivity contribution in [3.05, 3.63) is 11.9 Å². The average molecular weight is 257 g/mol. The number of anilines is 2. The van der Waals surface area contributed by atoms with Gasteiger partial charge in [0.1, 0.15) is 0 Å². The summed E-state index contributed by atoms with van der Waals surface area (Å²) in [7, 11) is 0. The van der Waals surface area contributed by atoms with Crippen LogP contribution >= 0.6 is 15.9 Å². The van der Waals surface area contributed by atoms with Crippen molar-refractivity contribution in [2.24, 2.45) is 0 Å². The van der Waals surface area contributed by atoms with Gasteiger partial charge >= 0.3 is 0 Å². The number of nitrogen functional groups attached to an aromatic ring is 2. The monoisotopic (exact) mass is 256 g/mol. The van der Waals surface area contributed by atoms with Gasteiger partial charge in [0.05, 0.1) is 11.9 Å². The molecule has 14 heavy (non-hydrogen) atoms. The van der Waals surface area contributed by atoms with Crippen molar-refractivity contribution in [2.45, 2.75) is 5.31 Å². The van der Waals surface area contributed by atoms with E-state index >= 15 is 0 Å². The fourth-order valence-electron chi connectivity index (χ4n) is 1.01. The Hall–Kier alpha value is -1.50. The fraction of sp³-hybridized carbons (Fsp3) is 0.143. The molecule has 0 bridgehead atoms. The molecule has 0 aliphatic heterocycles. The van der Waals surface area contributed by atoms with Crippen LogP contribution in [0.4, 0.5) is 11.8 Å². The summed E-state index contributed by atoms with van der Waals surface area (Å²) >= 11 is 3.07. The molecule has 0 aliphatic rings. The lowest BCUT2D eigenvalue weighted by Crippen LogP contribution is -2.03. The number of nitrogens with two attached hydrogens (primary N) is 2. The molecule has 4 N–H and O–H groups in total. The molecule has 72 valence electrons. The maximum absolute atomic E-state index is 7.41. The normalized spacial score (nSPS) is 13.9. The molecule has 2 heterocycles. The lowest BCUT2D eigenvalue weighted by Gasteiger charge is -2.01. The molecular formula is C7H7BrN6. The molecule has 1 atom stereocenters. The van der Waals surface area contributed by atoms with Gasteiger partial charge in [-0.2, -0.15) is 9.97 Å². The van der Waals surface area contributed by atoms with Crippen molar-refractivity contribution in [3.63, 3.8) is 0 Å². The van der Waals surface area contributed by atoms with E-state index in [1.54, 1.807) is 0 Å². The van der Waals surface area contributed by atoms with Gasteiger partial charge in [0.15, 0.2) is 17.0 Å². The molecule has 2 rings (SSSR count). The summed E-state index contributed by atoms with van der Waals surface area (Å²) in [5.74, 6) is 0.225. The van der Waals surface area contributed by atoms with Gasteiger partial charge in [0, 0.05) is 6.68 Å².